The Morgan fingerprint density at radius 2 is 1.74 bits per heavy atom. The van der Waals surface area contributed by atoms with Gasteiger partial charge in [0.1, 0.15) is 0 Å². The summed E-state index contributed by atoms with van der Waals surface area (Å²) in [5.74, 6) is 0.629. The van der Waals surface area contributed by atoms with Crippen LogP contribution in [0.5, 0.6) is 11.5 Å². The SMILES string of the molecule is COc1cccc2c1O[C@@H](c1ccccc1)[C@@H]([N+](=O)[O-])[C@@H]2c1c(C)[nH]c2ccccc12. The topological polar surface area (TPSA) is 77.4 Å². The summed E-state index contributed by atoms with van der Waals surface area (Å²) in [6.07, 6.45) is -0.752. The quantitative estimate of drug-likeness (QED) is 0.358. The number of nitrogens with one attached hydrogen (secondary N) is 1. The van der Waals surface area contributed by atoms with Gasteiger partial charge in [-0.15, -0.1) is 0 Å². The van der Waals surface area contributed by atoms with E-state index in [0.717, 1.165) is 33.3 Å². The van der Waals surface area contributed by atoms with Gasteiger partial charge in [-0.05, 0) is 30.2 Å². The zero-order chi connectivity index (χ0) is 21.5. The van der Waals surface area contributed by atoms with Crippen LogP contribution in [0.15, 0.2) is 72.8 Å². The van der Waals surface area contributed by atoms with Crippen LogP contribution in [-0.2, 0) is 0 Å². The zero-order valence-electron chi connectivity index (χ0n) is 17.2. The smallest absolute Gasteiger partial charge is 0.264 e. The van der Waals surface area contributed by atoms with Gasteiger partial charge < -0.3 is 14.5 Å². The fourth-order valence-corrected chi connectivity index (χ4v) is 4.79. The highest BCUT2D eigenvalue weighted by Crippen LogP contribution is 2.51. The first kappa shape index (κ1) is 19.2. The standard InChI is InChI=1S/C25H22N2O4/c1-15-21(17-11-6-7-13-19(17)26-15)22-18-12-8-14-20(30-2)25(18)31-24(23(22)27(28)29)16-9-4-3-5-10-16/h3-14,22-24,26H,1-2H3/t22-,23-,24-/m0/s1. The van der Waals surface area contributed by atoms with Crippen molar-refractivity contribution < 1.29 is 14.4 Å². The predicted molar refractivity (Wildman–Crippen MR) is 118 cm³/mol. The number of aryl methyl sites for hydroxylation is 1. The molecule has 1 aliphatic rings. The molecule has 0 saturated heterocycles. The number of benzene rings is 3. The highest BCUT2D eigenvalue weighted by molar-refractivity contribution is 5.86. The van der Waals surface area contributed by atoms with Gasteiger partial charge in [0.05, 0.1) is 13.0 Å². The third kappa shape index (κ3) is 3.03. The monoisotopic (exact) mass is 414 g/mol. The van der Waals surface area contributed by atoms with Crippen molar-refractivity contribution in [3.63, 3.8) is 0 Å². The van der Waals surface area contributed by atoms with Crippen LogP contribution in [0.1, 0.15) is 34.4 Å². The molecule has 1 aromatic heterocycles. The van der Waals surface area contributed by atoms with Gasteiger partial charge in [-0.2, -0.15) is 0 Å². The molecule has 31 heavy (non-hydrogen) atoms. The van der Waals surface area contributed by atoms with Crippen LogP contribution in [0.4, 0.5) is 0 Å². The Kier molecular flexibility index (Phi) is 4.62. The van der Waals surface area contributed by atoms with Gasteiger partial charge in [0.2, 0.25) is 0 Å². The Balaban J connectivity index is 1.82. The molecule has 0 radical (unpaired) electrons. The Labute approximate surface area is 179 Å². The fraction of sp³-hybridized carbons (Fsp3) is 0.200. The minimum Gasteiger partial charge on any atom is -0.493 e. The number of nitro groups is 1. The number of para-hydroxylation sites is 2. The van der Waals surface area contributed by atoms with Crippen LogP contribution in [-0.4, -0.2) is 23.1 Å². The first-order valence-corrected chi connectivity index (χ1v) is 10.2. The Morgan fingerprint density at radius 1 is 1.00 bits per heavy atom. The molecule has 2 heterocycles. The molecule has 156 valence electrons. The first-order chi connectivity index (χ1) is 15.1. The highest BCUT2D eigenvalue weighted by atomic mass is 16.6. The van der Waals surface area contributed by atoms with Gasteiger partial charge >= 0.3 is 0 Å². The lowest BCUT2D eigenvalue weighted by Crippen LogP contribution is -2.41. The number of rotatable bonds is 4. The number of methoxy groups -OCH3 is 1. The Morgan fingerprint density at radius 3 is 2.48 bits per heavy atom. The molecule has 0 saturated carbocycles. The van der Waals surface area contributed by atoms with Crippen LogP contribution in [0.25, 0.3) is 10.9 Å². The summed E-state index contributed by atoms with van der Waals surface area (Å²) in [7, 11) is 1.59. The molecule has 3 atom stereocenters. The molecular formula is C25H22N2O4. The molecule has 5 rings (SSSR count). The molecule has 4 aromatic rings. The summed E-state index contributed by atoms with van der Waals surface area (Å²) in [5, 5.41) is 13.5. The van der Waals surface area contributed by atoms with Crippen molar-refractivity contribution in [3.05, 3.63) is 105 Å². The number of aromatic nitrogens is 1. The lowest BCUT2D eigenvalue weighted by molar-refractivity contribution is -0.538. The van der Waals surface area contributed by atoms with Crippen LogP contribution in [0.3, 0.4) is 0 Å². The number of hydrogen-bond donors (Lipinski definition) is 1. The normalized spacial score (nSPS) is 20.1. The molecule has 6 heteroatoms. The summed E-state index contributed by atoms with van der Waals surface area (Å²) in [6, 6.07) is 21.9. The van der Waals surface area contributed by atoms with Crippen molar-refractivity contribution >= 4 is 10.9 Å². The lowest BCUT2D eigenvalue weighted by Gasteiger charge is -2.35. The number of ether oxygens (including phenoxy) is 2. The molecule has 0 bridgehead atoms. The molecular weight excluding hydrogens is 392 g/mol. The van der Waals surface area contributed by atoms with Crippen LogP contribution >= 0.6 is 0 Å². The second-order valence-corrected chi connectivity index (χ2v) is 7.79. The lowest BCUT2D eigenvalue weighted by atomic mass is 9.77. The van der Waals surface area contributed by atoms with Gasteiger partial charge in [-0.1, -0.05) is 60.7 Å². The molecule has 1 N–H and O–H groups in total. The number of aromatic amines is 1. The van der Waals surface area contributed by atoms with Gasteiger partial charge in [0.25, 0.3) is 6.04 Å². The highest BCUT2D eigenvalue weighted by Gasteiger charge is 2.50. The average Bonchev–Trinajstić information content (AvgIpc) is 3.13. The van der Waals surface area contributed by atoms with Crippen molar-refractivity contribution in [3.8, 4) is 11.5 Å². The third-order valence-corrected chi connectivity index (χ3v) is 6.09. The summed E-state index contributed by atoms with van der Waals surface area (Å²) in [4.78, 5) is 15.7. The Bertz CT molecular complexity index is 1270. The molecule has 0 aliphatic carbocycles. The maximum absolute atomic E-state index is 12.5. The summed E-state index contributed by atoms with van der Waals surface area (Å²) >= 11 is 0. The summed E-state index contributed by atoms with van der Waals surface area (Å²) < 4.78 is 11.9. The van der Waals surface area contributed by atoms with Crippen LogP contribution < -0.4 is 9.47 Å². The molecule has 6 nitrogen and oxygen atoms in total. The van der Waals surface area contributed by atoms with E-state index in [4.69, 9.17) is 9.47 Å². The van der Waals surface area contributed by atoms with Gasteiger partial charge in [-0.25, -0.2) is 0 Å². The van der Waals surface area contributed by atoms with E-state index < -0.39 is 18.1 Å². The summed E-state index contributed by atoms with van der Waals surface area (Å²) in [5.41, 5.74) is 4.34. The molecule has 0 amide bonds. The third-order valence-electron chi connectivity index (χ3n) is 6.09. The maximum Gasteiger partial charge on any atom is 0.264 e. The van der Waals surface area contributed by atoms with Crippen molar-refractivity contribution in [2.24, 2.45) is 0 Å². The van der Waals surface area contributed by atoms with Crippen molar-refractivity contribution in [2.45, 2.75) is 25.0 Å². The zero-order valence-corrected chi connectivity index (χ0v) is 17.2. The minimum atomic E-state index is -1.00. The van der Waals surface area contributed by atoms with Crippen LogP contribution in [0.2, 0.25) is 0 Å². The van der Waals surface area contributed by atoms with E-state index in [2.05, 4.69) is 4.98 Å². The van der Waals surface area contributed by atoms with Crippen molar-refractivity contribution in [2.75, 3.05) is 7.11 Å². The molecule has 1 aliphatic heterocycles. The van der Waals surface area contributed by atoms with E-state index in [1.807, 2.05) is 79.7 Å². The van der Waals surface area contributed by atoms with E-state index in [1.54, 1.807) is 7.11 Å². The fourth-order valence-electron chi connectivity index (χ4n) is 4.79. The Hall–Kier alpha value is -3.80. The molecule has 0 fully saturated rings. The largest absolute Gasteiger partial charge is 0.493 e. The number of hydrogen-bond acceptors (Lipinski definition) is 4. The maximum atomic E-state index is 12.5. The van der Waals surface area contributed by atoms with Gasteiger partial charge in [-0.3, -0.25) is 10.1 Å². The molecule has 0 spiro atoms. The number of nitrogens with zero attached hydrogens (tertiary/aromatic N) is 1. The minimum absolute atomic E-state index is 0.202. The average molecular weight is 414 g/mol. The van der Waals surface area contributed by atoms with Crippen LogP contribution in [0, 0.1) is 17.0 Å². The van der Waals surface area contributed by atoms with E-state index in [-0.39, 0.29) is 4.92 Å². The first-order valence-electron chi connectivity index (χ1n) is 10.2. The number of fused-ring (bicyclic) bond motifs is 2. The van der Waals surface area contributed by atoms with E-state index in [9.17, 15) is 10.1 Å². The molecule has 0 unspecified atom stereocenters. The van der Waals surface area contributed by atoms with Gasteiger partial charge in [0, 0.05) is 27.1 Å². The van der Waals surface area contributed by atoms with Gasteiger partial charge in [0.15, 0.2) is 17.6 Å². The second kappa shape index (κ2) is 7.47. The van der Waals surface area contributed by atoms with E-state index in [1.165, 1.54) is 0 Å². The second-order valence-electron chi connectivity index (χ2n) is 7.79. The van der Waals surface area contributed by atoms with Crippen molar-refractivity contribution in [1.29, 1.82) is 0 Å². The number of H-pyrrole nitrogens is 1. The summed E-state index contributed by atoms with van der Waals surface area (Å²) in [6.45, 7) is 1.97. The van der Waals surface area contributed by atoms with E-state index in [0.29, 0.717) is 11.5 Å². The van der Waals surface area contributed by atoms with Crippen molar-refractivity contribution in [1.82, 2.24) is 4.98 Å². The predicted octanol–water partition coefficient (Wildman–Crippen LogP) is 5.40. The van der Waals surface area contributed by atoms with E-state index >= 15 is 0 Å². The molecule has 3 aromatic carbocycles.